The summed E-state index contributed by atoms with van der Waals surface area (Å²) in [6.45, 7) is 2.65. The number of fused-ring (bicyclic) bond motifs is 1. The zero-order valence-electron chi connectivity index (χ0n) is 27.0. The van der Waals surface area contributed by atoms with Crippen LogP contribution in [0.15, 0.2) is 97.1 Å². The van der Waals surface area contributed by atoms with Gasteiger partial charge in [-0.05, 0) is 123 Å². The molecule has 0 atom stereocenters. The van der Waals surface area contributed by atoms with Crippen molar-refractivity contribution in [2.24, 2.45) is 0 Å². The normalized spacial score (nSPS) is 14.2. The number of H-pyrrole nitrogens is 1. The first-order valence-electron chi connectivity index (χ1n) is 16.5. The second-order valence-electron chi connectivity index (χ2n) is 12.7. The van der Waals surface area contributed by atoms with E-state index < -0.39 is 17.1 Å². The highest BCUT2D eigenvalue weighted by atomic mass is 35.5. The molecule has 2 amide bonds. The number of amides is 2. The molecule has 6 rings (SSSR count). The Bertz CT molecular complexity index is 1860. The average molecular weight is 704 g/mol. The van der Waals surface area contributed by atoms with Crippen LogP contribution < -0.4 is 10.6 Å². The molecule has 1 fully saturated rings. The largest absolute Gasteiger partial charge is 0.353 e. The molecule has 0 aliphatic carbocycles. The summed E-state index contributed by atoms with van der Waals surface area (Å²) in [6.07, 6.45) is 3.35. The molecule has 254 valence electrons. The molecule has 4 aromatic carbocycles. The van der Waals surface area contributed by atoms with Gasteiger partial charge in [-0.15, -0.1) is 0 Å². The van der Waals surface area contributed by atoms with Crippen LogP contribution in [-0.2, 0) is 10.2 Å². The van der Waals surface area contributed by atoms with Crippen molar-refractivity contribution in [1.82, 2.24) is 20.5 Å². The van der Waals surface area contributed by atoms with Crippen molar-refractivity contribution in [1.29, 1.82) is 0 Å². The van der Waals surface area contributed by atoms with Crippen molar-refractivity contribution in [3.8, 4) is 0 Å². The van der Waals surface area contributed by atoms with Gasteiger partial charge in [0.1, 0.15) is 17.3 Å². The maximum atomic E-state index is 14.4. The van der Waals surface area contributed by atoms with Crippen LogP contribution in [0.4, 0.5) is 8.78 Å². The first-order chi connectivity index (χ1) is 23.7. The third-order valence-electron chi connectivity index (χ3n) is 9.63. The fourth-order valence-corrected chi connectivity index (χ4v) is 7.21. The second-order valence-corrected chi connectivity index (χ2v) is 13.6. The summed E-state index contributed by atoms with van der Waals surface area (Å²) in [4.78, 5) is 31.5. The van der Waals surface area contributed by atoms with Gasteiger partial charge in [0.05, 0.1) is 6.54 Å². The molecule has 0 unspecified atom stereocenters. The topological polar surface area (TPSA) is 77.2 Å². The van der Waals surface area contributed by atoms with Gasteiger partial charge < -0.3 is 20.5 Å². The van der Waals surface area contributed by atoms with Crippen LogP contribution in [0.3, 0.4) is 0 Å². The number of nitrogens with zero attached hydrogens (tertiary/aromatic N) is 1. The molecule has 1 aromatic heterocycles. The van der Waals surface area contributed by atoms with Crippen molar-refractivity contribution in [3.05, 3.63) is 141 Å². The molecular formula is C39H38Cl2F2N4O2. The van der Waals surface area contributed by atoms with Gasteiger partial charge in [-0.25, -0.2) is 8.78 Å². The zero-order chi connectivity index (χ0) is 34.4. The van der Waals surface area contributed by atoms with Crippen molar-refractivity contribution in [3.63, 3.8) is 0 Å². The van der Waals surface area contributed by atoms with E-state index >= 15 is 0 Å². The Kier molecular flexibility index (Phi) is 11.0. The molecule has 1 aliphatic heterocycles. The summed E-state index contributed by atoms with van der Waals surface area (Å²) >= 11 is 12.6. The van der Waals surface area contributed by atoms with Crippen LogP contribution in [0.1, 0.15) is 58.8 Å². The zero-order valence-corrected chi connectivity index (χ0v) is 28.5. The SMILES string of the molecule is O=C(CNC(=O)c1cc2cc(F)ccc2[nH]1)NCC(CCCN1CCC(c2ccccc2F)CC1)(c1ccc(Cl)cc1)c1ccc(Cl)cc1. The number of hydrogen-bond donors (Lipinski definition) is 3. The van der Waals surface area contributed by atoms with Crippen LogP contribution in [0, 0.1) is 11.6 Å². The number of piperidine rings is 1. The number of aromatic amines is 1. The molecular weight excluding hydrogens is 665 g/mol. The first-order valence-corrected chi connectivity index (χ1v) is 17.3. The minimum atomic E-state index is -0.623. The summed E-state index contributed by atoms with van der Waals surface area (Å²) in [5.74, 6) is -1.13. The predicted molar refractivity (Wildman–Crippen MR) is 191 cm³/mol. The minimum Gasteiger partial charge on any atom is -0.353 e. The number of carbonyl (C=O) groups excluding carboxylic acids is 2. The molecule has 49 heavy (non-hydrogen) atoms. The fraction of sp³-hybridized carbons (Fsp3) is 0.282. The van der Waals surface area contributed by atoms with Gasteiger partial charge in [0.2, 0.25) is 5.91 Å². The predicted octanol–water partition coefficient (Wildman–Crippen LogP) is 8.25. The van der Waals surface area contributed by atoms with Crippen LogP contribution in [-0.4, -0.2) is 54.4 Å². The highest BCUT2D eigenvalue weighted by Crippen LogP contribution is 2.38. The number of aromatic nitrogens is 1. The average Bonchev–Trinajstić information content (AvgIpc) is 3.54. The van der Waals surface area contributed by atoms with Gasteiger partial charge in [0.15, 0.2) is 0 Å². The monoisotopic (exact) mass is 702 g/mol. The summed E-state index contributed by atoms with van der Waals surface area (Å²) < 4.78 is 28.1. The van der Waals surface area contributed by atoms with Crippen LogP contribution in [0.2, 0.25) is 10.0 Å². The number of likely N-dealkylation sites (tertiary alicyclic amines) is 1. The highest BCUT2D eigenvalue weighted by molar-refractivity contribution is 6.30. The maximum absolute atomic E-state index is 14.4. The third kappa shape index (κ3) is 8.32. The Morgan fingerprint density at radius 2 is 1.49 bits per heavy atom. The quantitative estimate of drug-likeness (QED) is 0.123. The molecule has 0 spiro atoms. The highest BCUT2D eigenvalue weighted by Gasteiger charge is 2.35. The van der Waals surface area contributed by atoms with Crippen molar-refractivity contribution in [2.75, 3.05) is 32.7 Å². The molecule has 6 nitrogen and oxygen atoms in total. The molecule has 3 N–H and O–H groups in total. The summed E-state index contributed by atoms with van der Waals surface area (Å²) in [5.41, 5.74) is 3.03. The number of halogens is 4. The summed E-state index contributed by atoms with van der Waals surface area (Å²) in [5, 5.41) is 7.54. The lowest BCUT2D eigenvalue weighted by atomic mass is 9.71. The van der Waals surface area contributed by atoms with Gasteiger partial charge >= 0.3 is 0 Å². The van der Waals surface area contributed by atoms with E-state index in [9.17, 15) is 18.4 Å². The lowest BCUT2D eigenvalue weighted by molar-refractivity contribution is -0.120. The van der Waals surface area contributed by atoms with E-state index in [1.807, 2.05) is 60.7 Å². The van der Waals surface area contributed by atoms with Gasteiger partial charge in [-0.3, -0.25) is 9.59 Å². The molecule has 0 radical (unpaired) electrons. The number of benzene rings is 4. The van der Waals surface area contributed by atoms with E-state index in [4.69, 9.17) is 23.2 Å². The Morgan fingerprint density at radius 3 is 2.14 bits per heavy atom. The first kappa shape index (κ1) is 34.6. The van der Waals surface area contributed by atoms with Gasteiger partial charge in [-0.1, -0.05) is 65.7 Å². The molecule has 1 aliphatic rings. The second kappa shape index (κ2) is 15.5. The van der Waals surface area contributed by atoms with E-state index in [0.717, 1.165) is 55.6 Å². The fourth-order valence-electron chi connectivity index (χ4n) is 6.96. The number of nitrogens with one attached hydrogen (secondary N) is 3. The lowest BCUT2D eigenvalue weighted by Gasteiger charge is -2.37. The third-order valence-corrected chi connectivity index (χ3v) is 10.1. The van der Waals surface area contributed by atoms with Crippen molar-refractivity contribution < 1.29 is 18.4 Å². The van der Waals surface area contributed by atoms with Gasteiger partial charge in [0, 0.05) is 32.9 Å². The van der Waals surface area contributed by atoms with Crippen LogP contribution in [0.5, 0.6) is 0 Å². The Morgan fingerprint density at radius 1 is 0.837 bits per heavy atom. The van der Waals surface area contributed by atoms with Gasteiger partial charge in [-0.2, -0.15) is 0 Å². The number of rotatable bonds is 12. The Hall–Kier alpha value is -4.24. The van der Waals surface area contributed by atoms with Crippen LogP contribution >= 0.6 is 23.2 Å². The molecule has 1 saturated heterocycles. The van der Waals surface area contributed by atoms with E-state index in [-0.39, 0.29) is 36.4 Å². The molecule has 2 heterocycles. The summed E-state index contributed by atoms with van der Waals surface area (Å²) in [6, 6.07) is 28.2. The lowest BCUT2D eigenvalue weighted by Crippen LogP contribution is -2.45. The minimum absolute atomic E-state index is 0.132. The smallest absolute Gasteiger partial charge is 0.268 e. The van der Waals surface area contributed by atoms with E-state index in [2.05, 4.69) is 20.5 Å². The molecule has 5 aromatic rings. The molecule has 10 heteroatoms. The molecule has 0 saturated carbocycles. The summed E-state index contributed by atoms with van der Waals surface area (Å²) in [7, 11) is 0. The number of hydrogen-bond acceptors (Lipinski definition) is 3. The number of carbonyl (C=O) groups is 2. The van der Waals surface area contributed by atoms with Gasteiger partial charge in [0.25, 0.3) is 5.91 Å². The maximum Gasteiger partial charge on any atom is 0.268 e. The van der Waals surface area contributed by atoms with Crippen molar-refractivity contribution in [2.45, 2.75) is 37.0 Å². The van der Waals surface area contributed by atoms with Crippen LogP contribution in [0.25, 0.3) is 10.9 Å². The standard InChI is InChI=1S/C39H38Cl2F2N4O2/c40-30-10-6-28(7-11-30)39(29-8-12-31(41)13-9-29,18-3-19-47-20-16-26(17-21-47)33-4-1-2-5-34(33)43)25-45-37(48)24-44-38(49)36-23-27-22-32(42)14-15-35(27)46-36/h1-2,4-15,22-23,26,46H,3,16-21,24-25H2,(H,44,49)(H,45,48). The molecule has 0 bridgehead atoms. The van der Waals surface area contributed by atoms with Crippen molar-refractivity contribution >= 4 is 45.9 Å². The Balaban J connectivity index is 1.14. The van der Waals surface area contributed by atoms with E-state index in [1.54, 1.807) is 18.2 Å². The Labute approximate surface area is 294 Å². The van der Waals surface area contributed by atoms with E-state index in [0.29, 0.717) is 27.4 Å². The van der Waals surface area contributed by atoms with E-state index in [1.165, 1.54) is 18.2 Å².